The number of aliphatic hydroxyl groups is 1. The lowest BCUT2D eigenvalue weighted by molar-refractivity contribution is 0.129. The van der Waals surface area contributed by atoms with Crippen molar-refractivity contribution in [1.29, 1.82) is 5.26 Å². The molecule has 1 saturated carbocycles. The van der Waals surface area contributed by atoms with E-state index in [2.05, 4.69) is 11.0 Å². The van der Waals surface area contributed by atoms with Gasteiger partial charge in [0.05, 0.1) is 18.2 Å². The summed E-state index contributed by atoms with van der Waals surface area (Å²) in [5, 5.41) is 17.9. The van der Waals surface area contributed by atoms with E-state index in [0.717, 1.165) is 18.8 Å². The molecular weight excluding hydrogens is 252 g/mol. The molecule has 4 nitrogen and oxygen atoms in total. The molecule has 0 bridgehead atoms. The van der Waals surface area contributed by atoms with Crippen molar-refractivity contribution < 1.29 is 9.84 Å². The van der Waals surface area contributed by atoms with Crippen LogP contribution < -0.4 is 4.74 Å². The predicted octanol–water partition coefficient (Wildman–Crippen LogP) is 2.17. The molecule has 4 heteroatoms. The summed E-state index contributed by atoms with van der Waals surface area (Å²) in [6.07, 6.45) is 5.06. The lowest BCUT2D eigenvalue weighted by atomic mass is 10.2. The number of hydrogen-bond acceptors (Lipinski definition) is 4. The molecule has 0 unspecified atom stereocenters. The lowest BCUT2D eigenvalue weighted by Crippen LogP contribution is -2.38. The fourth-order valence-corrected chi connectivity index (χ4v) is 2.78. The molecule has 1 aliphatic rings. The molecule has 1 aromatic rings. The Morgan fingerprint density at radius 1 is 1.20 bits per heavy atom. The van der Waals surface area contributed by atoms with Crippen LogP contribution in [-0.4, -0.2) is 42.4 Å². The fraction of sp³-hybridized carbons (Fsp3) is 0.562. The highest BCUT2D eigenvalue weighted by atomic mass is 16.5. The third-order valence-corrected chi connectivity index (χ3v) is 3.86. The van der Waals surface area contributed by atoms with Crippen LogP contribution in [0.2, 0.25) is 0 Å². The number of nitrogens with zero attached hydrogens (tertiary/aromatic N) is 2. The number of rotatable bonds is 7. The number of benzene rings is 1. The Morgan fingerprint density at radius 3 is 2.50 bits per heavy atom. The Morgan fingerprint density at radius 2 is 1.90 bits per heavy atom. The third-order valence-electron chi connectivity index (χ3n) is 3.86. The van der Waals surface area contributed by atoms with E-state index in [1.165, 1.54) is 25.7 Å². The van der Waals surface area contributed by atoms with E-state index in [4.69, 9.17) is 15.1 Å². The van der Waals surface area contributed by atoms with Crippen molar-refractivity contribution in [2.45, 2.75) is 31.7 Å². The smallest absolute Gasteiger partial charge is 0.119 e. The Bertz CT molecular complexity index is 433. The average molecular weight is 274 g/mol. The van der Waals surface area contributed by atoms with Gasteiger partial charge in [0.15, 0.2) is 0 Å². The van der Waals surface area contributed by atoms with E-state index in [1.807, 2.05) is 12.1 Å². The topological polar surface area (TPSA) is 56.5 Å². The molecule has 108 valence electrons. The van der Waals surface area contributed by atoms with E-state index in [1.54, 1.807) is 12.1 Å². The molecule has 1 fully saturated rings. The van der Waals surface area contributed by atoms with Crippen LogP contribution in [0.15, 0.2) is 24.3 Å². The molecule has 1 aliphatic carbocycles. The number of nitriles is 1. The van der Waals surface area contributed by atoms with Gasteiger partial charge in [-0.25, -0.2) is 0 Å². The second kappa shape index (κ2) is 7.88. The van der Waals surface area contributed by atoms with Crippen molar-refractivity contribution in [1.82, 2.24) is 4.90 Å². The van der Waals surface area contributed by atoms with Crippen molar-refractivity contribution in [2.75, 3.05) is 26.3 Å². The quantitative estimate of drug-likeness (QED) is 0.828. The first kappa shape index (κ1) is 14.8. The first-order chi connectivity index (χ1) is 9.83. The van der Waals surface area contributed by atoms with E-state index >= 15 is 0 Å². The molecule has 20 heavy (non-hydrogen) atoms. The molecule has 0 heterocycles. The third kappa shape index (κ3) is 4.22. The van der Waals surface area contributed by atoms with Gasteiger partial charge < -0.3 is 9.84 Å². The minimum Gasteiger partial charge on any atom is -0.492 e. The first-order valence-corrected chi connectivity index (χ1v) is 7.31. The lowest BCUT2D eigenvalue weighted by Gasteiger charge is -2.27. The number of hydrogen-bond donors (Lipinski definition) is 1. The zero-order valence-corrected chi connectivity index (χ0v) is 11.8. The van der Waals surface area contributed by atoms with Gasteiger partial charge in [-0.05, 0) is 37.1 Å². The van der Waals surface area contributed by atoms with Crippen molar-refractivity contribution in [3.8, 4) is 11.8 Å². The Labute approximate surface area is 120 Å². The maximum absolute atomic E-state index is 9.16. The maximum Gasteiger partial charge on any atom is 0.119 e. The zero-order chi connectivity index (χ0) is 14.2. The van der Waals surface area contributed by atoms with Crippen LogP contribution in [0.5, 0.6) is 5.75 Å². The number of aliphatic hydroxyl groups excluding tert-OH is 1. The Hall–Kier alpha value is -1.57. The highest BCUT2D eigenvalue weighted by Crippen LogP contribution is 2.23. The largest absolute Gasteiger partial charge is 0.492 e. The fourth-order valence-electron chi connectivity index (χ4n) is 2.78. The highest BCUT2D eigenvalue weighted by Gasteiger charge is 2.21. The second-order valence-corrected chi connectivity index (χ2v) is 5.18. The molecule has 0 aromatic heterocycles. The Kier molecular flexibility index (Phi) is 5.85. The number of ether oxygens (including phenoxy) is 1. The van der Waals surface area contributed by atoms with Crippen molar-refractivity contribution in [3.05, 3.63) is 29.8 Å². The summed E-state index contributed by atoms with van der Waals surface area (Å²) in [5.41, 5.74) is 0.644. The molecule has 0 amide bonds. The minimum absolute atomic E-state index is 0.202. The molecule has 1 N–H and O–H groups in total. The molecule has 2 rings (SSSR count). The van der Waals surface area contributed by atoms with Crippen LogP contribution in [0.3, 0.4) is 0 Å². The van der Waals surface area contributed by atoms with Crippen LogP contribution in [-0.2, 0) is 0 Å². The molecule has 0 spiro atoms. The summed E-state index contributed by atoms with van der Waals surface area (Å²) in [6.45, 7) is 2.38. The monoisotopic (exact) mass is 274 g/mol. The van der Waals surface area contributed by atoms with Gasteiger partial charge in [-0.15, -0.1) is 0 Å². The van der Waals surface area contributed by atoms with E-state index in [9.17, 15) is 0 Å². The minimum atomic E-state index is 0.202. The van der Waals surface area contributed by atoms with Gasteiger partial charge in [-0.1, -0.05) is 12.8 Å². The molecule has 0 radical (unpaired) electrons. The van der Waals surface area contributed by atoms with Gasteiger partial charge in [0, 0.05) is 19.1 Å². The summed E-state index contributed by atoms with van der Waals surface area (Å²) < 4.78 is 5.71. The standard InChI is InChI=1S/C16H22N2O2/c17-13-14-5-7-16(8-6-14)20-12-10-18(9-11-19)15-3-1-2-4-15/h5-8,15,19H,1-4,9-12H2. The predicted molar refractivity (Wildman–Crippen MR) is 77.6 cm³/mol. The van der Waals surface area contributed by atoms with Gasteiger partial charge in [0.25, 0.3) is 0 Å². The SMILES string of the molecule is N#Cc1ccc(OCCN(CCO)C2CCCC2)cc1. The van der Waals surface area contributed by atoms with Crippen LogP contribution >= 0.6 is 0 Å². The van der Waals surface area contributed by atoms with E-state index in [0.29, 0.717) is 18.2 Å². The zero-order valence-electron chi connectivity index (χ0n) is 11.8. The van der Waals surface area contributed by atoms with Crippen molar-refractivity contribution >= 4 is 0 Å². The van der Waals surface area contributed by atoms with Crippen LogP contribution in [0.25, 0.3) is 0 Å². The molecule has 1 aromatic carbocycles. The van der Waals surface area contributed by atoms with Crippen LogP contribution in [0.4, 0.5) is 0 Å². The molecular formula is C16H22N2O2. The van der Waals surface area contributed by atoms with Crippen LogP contribution in [0.1, 0.15) is 31.2 Å². The second-order valence-electron chi connectivity index (χ2n) is 5.18. The summed E-state index contributed by atoms with van der Waals surface area (Å²) in [4.78, 5) is 2.33. The normalized spacial score (nSPS) is 15.4. The van der Waals surface area contributed by atoms with E-state index in [-0.39, 0.29) is 6.61 Å². The summed E-state index contributed by atoms with van der Waals surface area (Å²) in [5.74, 6) is 0.791. The van der Waals surface area contributed by atoms with Gasteiger partial charge in [0.1, 0.15) is 12.4 Å². The Balaban J connectivity index is 1.78. The van der Waals surface area contributed by atoms with Crippen molar-refractivity contribution in [2.24, 2.45) is 0 Å². The first-order valence-electron chi connectivity index (χ1n) is 7.31. The summed E-state index contributed by atoms with van der Waals surface area (Å²) >= 11 is 0. The van der Waals surface area contributed by atoms with Crippen molar-refractivity contribution in [3.63, 3.8) is 0 Å². The average Bonchev–Trinajstić information content (AvgIpc) is 3.01. The molecule has 0 atom stereocenters. The van der Waals surface area contributed by atoms with Gasteiger partial charge in [-0.3, -0.25) is 4.90 Å². The highest BCUT2D eigenvalue weighted by molar-refractivity contribution is 5.34. The van der Waals surface area contributed by atoms with Crippen LogP contribution in [0, 0.1) is 11.3 Å². The maximum atomic E-state index is 9.16. The summed E-state index contributed by atoms with van der Waals surface area (Å²) in [6, 6.07) is 9.87. The molecule has 0 saturated heterocycles. The summed E-state index contributed by atoms with van der Waals surface area (Å²) in [7, 11) is 0. The van der Waals surface area contributed by atoms with Gasteiger partial charge in [-0.2, -0.15) is 5.26 Å². The van der Waals surface area contributed by atoms with E-state index < -0.39 is 0 Å². The molecule has 0 aliphatic heterocycles. The van der Waals surface area contributed by atoms with Gasteiger partial charge >= 0.3 is 0 Å². The van der Waals surface area contributed by atoms with Gasteiger partial charge in [0.2, 0.25) is 0 Å².